The number of aliphatic hydroxyl groups excluding tert-OH is 1. The molecule has 24 heavy (non-hydrogen) atoms. The highest BCUT2D eigenvalue weighted by Crippen LogP contribution is 2.58. The van der Waals surface area contributed by atoms with E-state index in [2.05, 4.69) is 6.92 Å². The van der Waals surface area contributed by atoms with E-state index in [9.17, 15) is 9.90 Å². The molecule has 2 aliphatic carbocycles. The number of ketones is 1. The Morgan fingerprint density at radius 2 is 1.88 bits per heavy atom. The predicted octanol–water partition coefficient (Wildman–Crippen LogP) is 3.52. The summed E-state index contributed by atoms with van der Waals surface area (Å²) in [6.07, 6.45) is 3.91. The third-order valence-corrected chi connectivity index (χ3v) is 6.44. The highest BCUT2D eigenvalue weighted by atomic mass is 16.7. The first kappa shape index (κ1) is 15.9. The molecule has 1 spiro atoms. The van der Waals surface area contributed by atoms with Gasteiger partial charge in [0.25, 0.3) is 0 Å². The largest absolute Gasteiger partial charge is 0.515 e. The van der Waals surface area contributed by atoms with Gasteiger partial charge >= 0.3 is 0 Å². The molecule has 1 aliphatic heterocycles. The van der Waals surface area contributed by atoms with Crippen LogP contribution in [0.2, 0.25) is 0 Å². The van der Waals surface area contributed by atoms with E-state index in [0.717, 1.165) is 18.2 Å². The molecule has 3 aliphatic rings. The third-order valence-electron chi connectivity index (χ3n) is 6.44. The lowest BCUT2D eigenvalue weighted by atomic mass is 9.51. The molecule has 4 heteroatoms. The maximum atomic E-state index is 13.4. The van der Waals surface area contributed by atoms with Crippen LogP contribution in [0.5, 0.6) is 0 Å². The van der Waals surface area contributed by atoms with E-state index in [1.54, 1.807) is 0 Å². The topological polar surface area (TPSA) is 55.8 Å². The number of Topliss-reactive ketones (excluding diaryl/α,β-unsaturated/α-hetero) is 1. The van der Waals surface area contributed by atoms with Crippen molar-refractivity contribution in [1.82, 2.24) is 0 Å². The zero-order chi connectivity index (χ0) is 16.8. The van der Waals surface area contributed by atoms with Crippen LogP contribution in [0.1, 0.15) is 38.2 Å². The van der Waals surface area contributed by atoms with Crippen LogP contribution in [0, 0.1) is 11.8 Å². The van der Waals surface area contributed by atoms with E-state index >= 15 is 0 Å². The molecular formula is C20H24O4. The molecule has 1 saturated heterocycles. The van der Waals surface area contributed by atoms with Crippen molar-refractivity contribution in [2.75, 3.05) is 13.2 Å². The minimum atomic E-state index is -0.575. The Morgan fingerprint density at radius 1 is 1.17 bits per heavy atom. The number of hydrogen-bond donors (Lipinski definition) is 1. The molecular weight excluding hydrogens is 304 g/mol. The van der Waals surface area contributed by atoms with Crippen LogP contribution >= 0.6 is 0 Å². The third kappa shape index (κ3) is 2.02. The molecule has 3 fully saturated rings. The molecule has 0 bridgehead atoms. The SMILES string of the molecule is CC1C2CC/C(=C/O)C(=O)C2(c2ccccc2)CCC12OCCO2. The van der Waals surface area contributed by atoms with Crippen molar-refractivity contribution in [2.45, 2.75) is 43.8 Å². The minimum absolute atomic E-state index is 0.0761. The van der Waals surface area contributed by atoms with Gasteiger partial charge in [-0.3, -0.25) is 4.79 Å². The lowest BCUT2D eigenvalue weighted by Gasteiger charge is -2.55. The molecule has 1 aromatic rings. The van der Waals surface area contributed by atoms with Crippen molar-refractivity contribution in [3.8, 4) is 0 Å². The molecule has 4 nitrogen and oxygen atoms in total. The van der Waals surface area contributed by atoms with Gasteiger partial charge in [-0.2, -0.15) is 0 Å². The Labute approximate surface area is 142 Å². The summed E-state index contributed by atoms with van der Waals surface area (Å²) in [6.45, 7) is 3.42. The molecule has 0 radical (unpaired) electrons. The number of benzene rings is 1. The molecule has 1 N–H and O–H groups in total. The average molecular weight is 328 g/mol. The van der Waals surface area contributed by atoms with Gasteiger partial charge in [0.15, 0.2) is 11.6 Å². The van der Waals surface area contributed by atoms with Crippen molar-refractivity contribution in [3.63, 3.8) is 0 Å². The minimum Gasteiger partial charge on any atom is -0.515 e. The molecule has 4 rings (SSSR count). The molecule has 128 valence electrons. The molecule has 0 aromatic heterocycles. The first-order valence-corrected chi connectivity index (χ1v) is 8.85. The summed E-state index contributed by atoms with van der Waals surface area (Å²) in [6, 6.07) is 10.0. The monoisotopic (exact) mass is 328 g/mol. The Balaban J connectivity index is 1.83. The van der Waals surface area contributed by atoms with Gasteiger partial charge < -0.3 is 14.6 Å². The second-order valence-electron chi connectivity index (χ2n) is 7.26. The average Bonchev–Trinajstić information content (AvgIpc) is 3.10. The Morgan fingerprint density at radius 3 is 2.54 bits per heavy atom. The van der Waals surface area contributed by atoms with E-state index in [1.165, 1.54) is 0 Å². The summed E-state index contributed by atoms with van der Waals surface area (Å²) in [4.78, 5) is 13.4. The van der Waals surface area contributed by atoms with Crippen LogP contribution in [0.25, 0.3) is 0 Å². The standard InChI is InChI=1S/C20H24O4/c1-14-17-8-7-15(13-21)18(22)19(17,16-5-3-2-4-6-16)9-10-20(14)23-11-12-24-20/h2-6,13-14,17,21H,7-12H2,1H3/b15-13-. The summed E-state index contributed by atoms with van der Waals surface area (Å²) in [7, 11) is 0. The van der Waals surface area contributed by atoms with Gasteiger partial charge in [-0.25, -0.2) is 0 Å². The van der Waals surface area contributed by atoms with Gasteiger partial charge in [0.1, 0.15) is 0 Å². The fourth-order valence-corrected chi connectivity index (χ4v) is 5.23. The van der Waals surface area contributed by atoms with Crippen molar-refractivity contribution < 1.29 is 19.4 Å². The molecule has 0 amide bonds. The van der Waals surface area contributed by atoms with E-state index < -0.39 is 11.2 Å². The van der Waals surface area contributed by atoms with Crippen molar-refractivity contribution >= 4 is 5.78 Å². The van der Waals surface area contributed by atoms with Gasteiger partial charge in [-0.15, -0.1) is 0 Å². The zero-order valence-corrected chi connectivity index (χ0v) is 14.0. The summed E-state index contributed by atoms with van der Waals surface area (Å²) < 4.78 is 12.0. The lowest BCUT2D eigenvalue weighted by molar-refractivity contribution is -0.234. The molecule has 3 atom stereocenters. The van der Waals surface area contributed by atoms with Gasteiger partial charge in [0.05, 0.1) is 24.9 Å². The van der Waals surface area contributed by atoms with Crippen molar-refractivity contribution in [3.05, 3.63) is 47.7 Å². The smallest absolute Gasteiger partial charge is 0.172 e. The van der Waals surface area contributed by atoms with Gasteiger partial charge in [0, 0.05) is 17.9 Å². The van der Waals surface area contributed by atoms with E-state index in [1.807, 2.05) is 30.3 Å². The van der Waals surface area contributed by atoms with Gasteiger partial charge in [0.2, 0.25) is 0 Å². The molecule has 1 aromatic carbocycles. The summed E-state index contributed by atoms with van der Waals surface area (Å²) in [5.41, 5.74) is 1.03. The summed E-state index contributed by atoms with van der Waals surface area (Å²) in [5, 5.41) is 9.55. The molecule has 3 unspecified atom stereocenters. The number of fused-ring (bicyclic) bond motifs is 1. The number of allylic oxidation sites excluding steroid dienone is 1. The highest BCUT2D eigenvalue weighted by molar-refractivity contribution is 6.04. The second-order valence-corrected chi connectivity index (χ2v) is 7.26. The number of carbonyl (C=O) groups excluding carboxylic acids is 1. The maximum Gasteiger partial charge on any atom is 0.172 e. The zero-order valence-electron chi connectivity index (χ0n) is 14.0. The van der Waals surface area contributed by atoms with Crippen LogP contribution in [0.15, 0.2) is 42.2 Å². The Bertz CT molecular complexity index is 659. The van der Waals surface area contributed by atoms with E-state index in [0.29, 0.717) is 38.0 Å². The number of ether oxygens (including phenoxy) is 2. The number of rotatable bonds is 1. The van der Waals surface area contributed by atoms with Crippen LogP contribution in [0.3, 0.4) is 0 Å². The highest BCUT2D eigenvalue weighted by Gasteiger charge is 2.61. The second kappa shape index (κ2) is 5.71. The van der Waals surface area contributed by atoms with Gasteiger partial charge in [-0.1, -0.05) is 37.3 Å². The van der Waals surface area contributed by atoms with E-state index in [-0.39, 0.29) is 17.6 Å². The normalized spacial score (nSPS) is 36.9. The molecule has 2 saturated carbocycles. The predicted molar refractivity (Wildman–Crippen MR) is 89.6 cm³/mol. The Hall–Kier alpha value is -1.65. The number of hydrogen-bond acceptors (Lipinski definition) is 4. The van der Waals surface area contributed by atoms with Crippen LogP contribution < -0.4 is 0 Å². The molecule has 1 heterocycles. The number of aliphatic hydroxyl groups is 1. The van der Waals surface area contributed by atoms with Crippen LogP contribution in [-0.2, 0) is 19.7 Å². The maximum absolute atomic E-state index is 13.4. The Kier molecular flexibility index (Phi) is 3.77. The van der Waals surface area contributed by atoms with Crippen molar-refractivity contribution in [2.24, 2.45) is 11.8 Å². The fraction of sp³-hybridized carbons (Fsp3) is 0.550. The van der Waals surface area contributed by atoms with Crippen molar-refractivity contribution in [1.29, 1.82) is 0 Å². The summed E-state index contributed by atoms with van der Waals surface area (Å²) >= 11 is 0. The quantitative estimate of drug-likeness (QED) is 0.633. The first-order chi connectivity index (χ1) is 11.6. The van der Waals surface area contributed by atoms with E-state index in [4.69, 9.17) is 9.47 Å². The fourth-order valence-electron chi connectivity index (χ4n) is 5.23. The van der Waals surface area contributed by atoms with Crippen LogP contribution in [0.4, 0.5) is 0 Å². The van der Waals surface area contributed by atoms with Crippen LogP contribution in [-0.4, -0.2) is 29.9 Å². The number of carbonyl (C=O) groups is 1. The summed E-state index contributed by atoms with van der Waals surface area (Å²) in [5.74, 6) is -0.169. The first-order valence-electron chi connectivity index (χ1n) is 8.85. The lowest BCUT2D eigenvalue weighted by Crippen LogP contribution is -2.59. The van der Waals surface area contributed by atoms with Gasteiger partial charge in [-0.05, 0) is 30.7 Å².